The lowest BCUT2D eigenvalue weighted by Gasteiger charge is -2.24. The number of amides is 1. The number of carbonyl (C=O) groups is 1. The molecular formula is C13H24ClNO2. The summed E-state index contributed by atoms with van der Waals surface area (Å²) in [6.07, 6.45) is 6.18. The van der Waals surface area contributed by atoms with Gasteiger partial charge in [-0.1, -0.05) is 0 Å². The predicted octanol–water partition coefficient (Wildman–Crippen LogP) is 2.81. The van der Waals surface area contributed by atoms with Gasteiger partial charge in [-0.05, 0) is 39.0 Å². The number of halogens is 1. The molecule has 1 fully saturated rings. The number of ether oxygens (including phenoxy) is 1. The van der Waals surface area contributed by atoms with Gasteiger partial charge < -0.3 is 9.64 Å². The Balaban J connectivity index is 2.21. The molecule has 0 aromatic rings. The summed E-state index contributed by atoms with van der Waals surface area (Å²) in [6.45, 7) is 4.44. The van der Waals surface area contributed by atoms with Crippen molar-refractivity contribution in [2.75, 3.05) is 25.6 Å². The van der Waals surface area contributed by atoms with Gasteiger partial charge in [0.25, 0.3) is 0 Å². The Morgan fingerprint density at radius 3 is 2.88 bits per heavy atom. The first-order chi connectivity index (χ1) is 8.27. The molecule has 1 saturated heterocycles. The number of carbonyl (C=O) groups excluding carboxylic acids is 1. The van der Waals surface area contributed by atoms with Gasteiger partial charge >= 0.3 is 0 Å². The number of hydrogen-bond acceptors (Lipinski definition) is 2. The van der Waals surface area contributed by atoms with E-state index < -0.39 is 0 Å². The molecule has 100 valence electrons. The first kappa shape index (κ1) is 14.8. The first-order valence-corrected chi connectivity index (χ1v) is 7.26. The summed E-state index contributed by atoms with van der Waals surface area (Å²) in [5, 5.41) is 0. The molecule has 0 radical (unpaired) electrons. The molecule has 3 nitrogen and oxygen atoms in total. The Morgan fingerprint density at radius 2 is 2.29 bits per heavy atom. The second-order valence-corrected chi connectivity index (χ2v) is 4.92. The van der Waals surface area contributed by atoms with E-state index in [-0.39, 0.29) is 5.91 Å². The zero-order valence-electron chi connectivity index (χ0n) is 10.8. The van der Waals surface area contributed by atoms with Gasteiger partial charge in [-0.3, -0.25) is 4.79 Å². The van der Waals surface area contributed by atoms with E-state index in [1.165, 1.54) is 12.8 Å². The summed E-state index contributed by atoms with van der Waals surface area (Å²) in [7, 11) is 0. The molecule has 4 heteroatoms. The molecule has 0 aromatic carbocycles. The lowest BCUT2D eigenvalue weighted by molar-refractivity contribution is -0.132. The molecule has 0 spiro atoms. The van der Waals surface area contributed by atoms with Gasteiger partial charge in [0.1, 0.15) is 0 Å². The third kappa shape index (κ3) is 5.73. The molecule has 1 aliphatic rings. The minimum atomic E-state index is 0.242. The lowest BCUT2D eigenvalue weighted by atomic mass is 10.0. The summed E-state index contributed by atoms with van der Waals surface area (Å²) < 4.78 is 5.63. The maximum atomic E-state index is 12.0. The van der Waals surface area contributed by atoms with Gasteiger partial charge in [-0.15, -0.1) is 11.6 Å². The lowest BCUT2D eigenvalue weighted by Crippen LogP contribution is -2.33. The Hall–Kier alpha value is -0.280. The van der Waals surface area contributed by atoms with Crippen LogP contribution in [0.3, 0.4) is 0 Å². The van der Waals surface area contributed by atoms with Crippen LogP contribution in [0.5, 0.6) is 0 Å². The normalized spacial score (nSPS) is 20.2. The van der Waals surface area contributed by atoms with Crippen molar-refractivity contribution in [2.24, 2.45) is 0 Å². The molecule has 1 unspecified atom stereocenters. The van der Waals surface area contributed by atoms with Crippen molar-refractivity contribution >= 4 is 17.5 Å². The van der Waals surface area contributed by atoms with Crippen LogP contribution in [-0.2, 0) is 9.53 Å². The quantitative estimate of drug-likeness (QED) is 0.660. The number of alkyl halides is 1. The van der Waals surface area contributed by atoms with Crippen molar-refractivity contribution in [1.29, 1.82) is 0 Å². The average molecular weight is 262 g/mol. The highest BCUT2D eigenvalue weighted by Crippen LogP contribution is 2.17. The smallest absolute Gasteiger partial charge is 0.222 e. The van der Waals surface area contributed by atoms with Gasteiger partial charge in [-0.25, -0.2) is 0 Å². The van der Waals surface area contributed by atoms with Crippen LogP contribution in [0, 0.1) is 0 Å². The van der Waals surface area contributed by atoms with E-state index in [2.05, 4.69) is 0 Å². The minimum absolute atomic E-state index is 0.242. The third-order valence-electron chi connectivity index (χ3n) is 3.25. The van der Waals surface area contributed by atoms with Crippen LogP contribution in [-0.4, -0.2) is 42.5 Å². The number of rotatable bonds is 7. The fraction of sp³-hybridized carbons (Fsp3) is 0.923. The SMILES string of the molecule is CCN(CCCCl)C(=O)CCC1CCCCO1. The molecule has 0 bridgehead atoms. The van der Waals surface area contributed by atoms with Crippen LogP contribution < -0.4 is 0 Å². The van der Waals surface area contributed by atoms with E-state index in [0.717, 1.165) is 39.0 Å². The van der Waals surface area contributed by atoms with E-state index in [4.69, 9.17) is 16.3 Å². The molecule has 0 aromatic heterocycles. The van der Waals surface area contributed by atoms with Crippen molar-refractivity contribution in [2.45, 2.75) is 51.6 Å². The summed E-state index contributed by atoms with van der Waals surface area (Å²) >= 11 is 5.65. The van der Waals surface area contributed by atoms with E-state index in [0.29, 0.717) is 18.4 Å². The largest absolute Gasteiger partial charge is 0.378 e. The van der Waals surface area contributed by atoms with Crippen LogP contribution in [0.1, 0.15) is 45.4 Å². The van der Waals surface area contributed by atoms with Crippen LogP contribution in [0.2, 0.25) is 0 Å². The van der Waals surface area contributed by atoms with Gasteiger partial charge in [0.15, 0.2) is 0 Å². The van der Waals surface area contributed by atoms with E-state index >= 15 is 0 Å². The highest BCUT2D eigenvalue weighted by Gasteiger charge is 2.17. The van der Waals surface area contributed by atoms with Gasteiger partial charge in [0, 0.05) is 32.0 Å². The summed E-state index contributed by atoms with van der Waals surface area (Å²) in [6, 6.07) is 0. The van der Waals surface area contributed by atoms with Gasteiger partial charge in [0.2, 0.25) is 5.91 Å². The summed E-state index contributed by atoms with van der Waals surface area (Å²) in [5.74, 6) is 0.863. The molecule has 17 heavy (non-hydrogen) atoms. The zero-order chi connectivity index (χ0) is 12.5. The van der Waals surface area contributed by atoms with Crippen LogP contribution in [0.15, 0.2) is 0 Å². The molecule has 1 atom stereocenters. The fourth-order valence-corrected chi connectivity index (χ4v) is 2.31. The van der Waals surface area contributed by atoms with Crippen molar-refractivity contribution in [3.05, 3.63) is 0 Å². The van der Waals surface area contributed by atoms with Crippen molar-refractivity contribution in [1.82, 2.24) is 4.90 Å². The number of hydrogen-bond donors (Lipinski definition) is 0. The Morgan fingerprint density at radius 1 is 1.47 bits per heavy atom. The Bertz CT molecular complexity index is 217. The van der Waals surface area contributed by atoms with E-state index in [9.17, 15) is 4.79 Å². The second-order valence-electron chi connectivity index (χ2n) is 4.54. The molecule has 1 amide bonds. The van der Waals surface area contributed by atoms with Crippen molar-refractivity contribution in [3.63, 3.8) is 0 Å². The van der Waals surface area contributed by atoms with Gasteiger partial charge in [0.05, 0.1) is 6.10 Å². The number of nitrogens with zero attached hydrogens (tertiary/aromatic N) is 1. The molecule has 0 N–H and O–H groups in total. The second kappa shape index (κ2) is 8.76. The fourth-order valence-electron chi connectivity index (χ4n) is 2.19. The van der Waals surface area contributed by atoms with E-state index in [1.807, 2.05) is 11.8 Å². The average Bonchev–Trinajstić information content (AvgIpc) is 2.38. The first-order valence-electron chi connectivity index (χ1n) is 6.73. The molecule has 1 heterocycles. The van der Waals surface area contributed by atoms with Crippen LogP contribution in [0.4, 0.5) is 0 Å². The maximum absolute atomic E-state index is 12.0. The predicted molar refractivity (Wildman–Crippen MR) is 70.4 cm³/mol. The van der Waals surface area contributed by atoms with Crippen molar-refractivity contribution < 1.29 is 9.53 Å². The van der Waals surface area contributed by atoms with E-state index in [1.54, 1.807) is 0 Å². The highest BCUT2D eigenvalue weighted by atomic mass is 35.5. The van der Waals surface area contributed by atoms with Crippen molar-refractivity contribution in [3.8, 4) is 0 Å². The zero-order valence-corrected chi connectivity index (χ0v) is 11.5. The molecule has 1 aliphatic heterocycles. The van der Waals surface area contributed by atoms with Gasteiger partial charge in [-0.2, -0.15) is 0 Å². The topological polar surface area (TPSA) is 29.5 Å². The molecule has 1 rings (SSSR count). The molecular weight excluding hydrogens is 238 g/mol. The monoisotopic (exact) mass is 261 g/mol. The third-order valence-corrected chi connectivity index (χ3v) is 3.52. The summed E-state index contributed by atoms with van der Waals surface area (Å²) in [4.78, 5) is 13.8. The highest BCUT2D eigenvalue weighted by molar-refractivity contribution is 6.17. The standard InChI is InChI=1S/C13H24ClNO2/c1-2-15(10-5-9-14)13(16)8-7-12-6-3-4-11-17-12/h12H,2-11H2,1H3. The summed E-state index contributed by atoms with van der Waals surface area (Å²) in [5.41, 5.74) is 0. The Labute approximate surface area is 109 Å². The van der Waals surface area contributed by atoms with Crippen LogP contribution >= 0.6 is 11.6 Å². The molecule has 0 aliphatic carbocycles. The maximum Gasteiger partial charge on any atom is 0.222 e. The minimum Gasteiger partial charge on any atom is -0.378 e. The molecule has 0 saturated carbocycles. The Kier molecular flexibility index (Phi) is 7.62. The van der Waals surface area contributed by atoms with Crippen LogP contribution in [0.25, 0.3) is 0 Å².